The van der Waals surface area contributed by atoms with Gasteiger partial charge in [0.25, 0.3) is 5.91 Å². The molecule has 2 aromatic rings. The van der Waals surface area contributed by atoms with Crippen molar-refractivity contribution >= 4 is 17.6 Å². The van der Waals surface area contributed by atoms with Gasteiger partial charge in [-0.3, -0.25) is 4.79 Å². The second-order valence-corrected chi connectivity index (χ2v) is 8.42. The van der Waals surface area contributed by atoms with Gasteiger partial charge in [0.15, 0.2) is 0 Å². The molecule has 0 saturated carbocycles. The maximum atomic E-state index is 12.6. The van der Waals surface area contributed by atoms with E-state index >= 15 is 0 Å². The molecule has 1 saturated heterocycles. The lowest BCUT2D eigenvalue weighted by Crippen LogP contribution is -2.37. The standard InChI is InChI=1S/C24H32N4O2/c1-18-11-13-28(14-12-18)23(29)21-7-9-22(10-8-21)26-24(30)25-16-19-5-4-6-20(15-19)17-27(2)3/h4-10,15,18H,11-14,16-17H2,1-3H3,(H2,25,26,30). The molecular weight excluding hydrogens is 376 g/mol. The van der Waals surface area contributed by atoms with Crippen LogP contribution in [0.4, 0.5) is 10.5 Å². The van der Waals surface area contributed by atoms with Crippen molar-refractivity contribution in [1.82, 2.24) is 15.1 Å². The lowest BCUT2D eigenvalue weighted by molar-refractivity contribution is 0.0697. The minimum absolute atomic E-state index is 0.0653. The first kappa shape index (κ1) is 21.8. The summed E-state index contributed by atoms with van der Waals surface area (Å²) in [7, 11) is 4.06. The molecule has 0 spiro atoms. The molecule has 2 N–H and O–H groups in total. The number of amides is 3. The molecule has 1 heterocycles. The van der Waals surface area contributed by atoms with E-state index in [9.17, 15) is 9.59 Å². The third-order valence-electron chi connectivity index (χ3n) is 5.40. The van der Waals surface area contributed by atoms with E-state index in [1.165, 1.54) is 5.56 Å². The number of piperidine rings is 1. The number of benzene rings is 2. The molecule has 0 atom stereocenters. The minimum atomic E-state index is -0.267. The lowest BCUT2D eigenvalue weighted by atomic mass is 9.98. The van der Waals surface area contributed by atoms with Crippen molar-refractivity contribution in [2.24, 2.45) is 5.92 Å². The fourth-order valence-electron chi connectivity index (χ4n) is 3.65. The fourth-order valence-corrected chi connectivity index (χ4v) is 3.65. The van der Waals surface area contributed by atoms with Gasteiger partial charge >= 0.3 is 6.03 Å². The number of likely N-dealkylation sites (tertiary alicyclic amines) is 1. The van der Waals surface area contributed by atoms with Crippen LogP contribution in [0.15, 0.2) is 48.5 Å². The Morgan fingerprint density at radius 2 is 1.70 bits per heavy atom. The Morgan fingerprint density at radius 1 is 1.03 bits per heavy atom. The maximum absolute atomic E-state index is 12.6. The molecule has 0 aliphatic carbocycles. The number of nitrogens with one attached hydrogen (secondary N) is 2. The normalized spacial score (nSPS) is 14.6. The van der Waals surface area contributed by atoms with Crippen LogP contribution in [0, 0.1) is 5.92 Å². The summed E-state index contributed by atoms with van der Waals surface area (Å²) in [5.74, 6) is 0.755. The molecule has 0 aromatic heterocycles. The van der Waals surface area contributed by atoms with Crippen molar-refractivity contribution in [3.63, 3.8) is 0 Å². The maximum Gasteiger partial charge on any atom is 0.319 e. The second-order valence-electron chi connectivity index (χ2n) is 8.42. The van der Waals surface area contributed by atoms with Crippen molar-refractivity contribution in [1.29, 1.82) is 0 Å². The third kappa shape index (κ3) is 6.32. The number of carbonyl (C=O) groups excluding carboxylic acids is 2. The molecule has 30 heavy (non-hydrogen) atoms. The van der Waals surface area contributed by atoms with E-state index in [0.717, 1.165) is 38.0 Å². The summed E-state index contributed by atoms with van der Waals surface area (Å²) in [4.78, 5) is 28.9. The average molecular weight is 409 g/mol. The van der Waals surface area contributed by atoms with Gasteiger partial charge < -0.3 is 20.4 Å². The van der Waals surface area contributed by atoms with Crippen LogP contribution in [-0.2, 0) is 13.1 Å². The predicted octanol–water partition coefficient (Wildman–Crippen LogP) is 3.94. The van der Waals surface area contributed by atoms with Crippen LogP contribution in [0.25, 0.3) is 0 Å². The van der Waals surface area contributed by atoms with Crippen LogP contribution in [0.5, 0.6) is 0 Å². The van der Waals surface area contributed by atoms with Gasteiger partial charge in [-0.2, -0.15) is 0 Å². The molecule has 6 nitrogen and oxygen atoms in total. The molecule has 1 aliphatic rings. The quantitative estimate of drug-likeness (QED) is 0.761. The van der Waals surface area contributed by atoms with Crippen molar-refractivity contribution in [2.75, 3.05) is 32.5 Å². The number of anilines is 1. The molecule has 1 aliphatic heterocycles. The Balaban J connectivity index is 1.49. The smallest absolute Gasteiger partial charge is 0.319 e. The van der Waals surface area contributed by atoms with E-state index in [0.29, 0.717) is 23.7 Å². The van der Waals surface area contributed by atoms with E-state index in [1.54, 1.807) is 24.3 Å². The zero-order chi connectivity index (χ0) is 21.5. The average Bonchev–Trinajstić information content (AvgIpc) is 2.73. The molecule has 2 aromatic carbocycles. The molecule has 3 rings (SSSR count). The SMILES string of the molecule is CC1CCN(C(=O)c2ccc(NC(=O)NCc3cccc(CN(C)C)c3)cc2)CC1. The number of nitrogens with zero attached hydrogens (tertiary/aromatic N) is 2. The van der Waals surface area contributed by atoms with Crippen LogP contribution in [0.2, 0.25) is 0 Å². The molecule has 6 heteroatoms. The Hall–Kier alpha value is -2.86. The summed E-state index contributed by atoms with van der Waals surface area (Å²) in [6.07, 6.45) is 2.12. The molecule has 160 valence electrons. The van der Waals surface area contributed by atoms with Gasteiger partial charge in [0.1, 0.15) is 0 Å². The Morgan fingerprint density at radius 3 is 2.37 bits per heavy atom. The van der Waals surface area contributed by atoms with E-state index in [2.05, 4.69) is 34.6 Å². The van der Waals surface area contributed by atoms with Gasteiger partial charge in [-0.15, -0.1) is 0 Å². The fraction of sp³-hybridized carbons (Fsp3) is 0.417. The molecule has 0 unspecified atom stereocenters. The summed E-state index contributed by atoms with van der Waals surface area (Å²) in [5, 5.41) is 5.71. The first-order valence-electron chi connectivity index (χ1n) is 10.6. The molecule has 0 bridgehead atoms. The van der Waals surface area contributed by atoms with Crippen molar-refractivity contribution < 1.29 is 9.59 Å². The van der Waals surface area contributed by atoms with Crippen molar-refractivity contribution in [3.8, 4) is 0 Å². The second kappa shape index (κ2) is 10.3. The van der Waals surface area contributed by atoms with Crippen LogP contribution in [0.3, 0.4) is 0 Å². The van der Waals surface area contributed by atoms with E-state index in [1.807, 2.05) is 31.1 Å². The number of carbonyl (C=O) groups is 2. The largest absolute Gasteiger partial charge is 0.339 e. The van der Waals surface area contributed by atoms with Crippen molar-refractivity contribution in [2.45, 2.75) is 32.9 Å². The highest BCUT2D eigenvalue weighted by Gasteiger charge is 2.21. The molecular formula is C24H32N4O2. The van der Waals surface area contributed by atoms with Crippen LogP contribution in [0.1, 0.15) is 41.3 Å². The molecule has 1 fully saturated rings. The van der Waals surface area contributed by atoms with Crippen LogP contribution < -0.4 is 10.6 Å². The summed E-state index contributed by atoms with van der Waals surface area (Å²) >= 11 is 0. The summed E-state index contributed by atoms with van der Waals surface area (Å²) in [6, 6.07) is 15.0. The summed E-state index contributed by atoms with van der Waals surface area (Å²) in [6.45, 7) is 5.18. The minimum Gasteiger partial charge on any atom is -0.339 e. The molecule has 3 amide bonds. The van der Waals surface area contributed by atoms with Gasteiger partial charge in [-0.05, 0) is 68.2 Å². The Labute approximate surface area is 179 Å². The van der Waals surface area contributed by atoms with E-state index < -0.39 is 0 Å². The van der Waals surface area contributed by atoms with Gasteiger partial charge in [-0.25, -0.2) is 4.79 Å². The Bertz CT molecular complexity index is 856. The summed E-state index contributed by atoms with van der Waals surface area (Å²) in [5.41, 5.74) is 3.59. The van der Waals surface area contributed by atoms with E-state index in [-0.39, 0.29) is 11.9 Å². The van der Waals surface area contributed by atoms with Gasteiger partial charge in [0.05, 0.1) is 0 Å². The highest BCUT2D eigenvalue weighted by atomic mass is 16.2. The molecule has 0 radical (unpaired) electrons. The number of rotatable bonds is 6. The van der Waals surface area contributed by atoms with Gasteiger partial charge in [0.2, 0.25) is 0 Å². The van der Waals surface area contributed by atoms with Crippen molar-refractivity contribution in [3.05, 3.63) is 65.2 Å². The highest BCUT2D eigenvalue weighted by molar-refractivity contribution is 5.95. The monoisotopic (exact) mass is 408 g/mol. The zero-order valence-corrected chi connectivity index (χ0v) is 18.1. The number of hydrogen-bond acceptors (Lipinski definition) is 3. The first-order chi connectivity index (χ1) is 14.4. The number of urea groups is 1. The first-order valence-corrected chi connectivity index (χ1v) is 10.6. The van der Waals surface area contributed by atoms with Crippen LogP contribution in [-0.4, -0.2) is 48.9 Å². The van der Waals surface area contributed by atoms with Crippen LogP contribution >= 0.6 is 0 Å². The Kier molecular flexibility index (Phi) is 7.46. The summed E-state index contributed by atoms with van der Waals surface area (Å²) < 4.78 is 0. The zero-order valence-electron chi connectivity index (χ0n) is 18.1. The lowest BCUT2D eigenvalue weighted by Gasteiger charge is -2.30. The number of hydrogen-bond donors (Lipinski definition) is 2. The highest BCUT2D eigenvalue weighted by Crippen LogP contribution is 2.19. The van der Waals surface area contributed by atoms with E-state index in [4.69, 9.17) is 0 Å². The van der Waals surface area contributed by atoms with Gasteiger partial charge in [-0.1, -0.05) is 31.2 Å². The third-order valence-corrected chi connectivity index (χ3v) is 5.40. The van der Waals surface area contributed by atoms with Gasteiger partial charge in [0, 0.05) is 37.4 Å². The topological polar surface area (TPSA) is 64.7 Å². The predicted molar refractivity (Wildman–Crippen MR) is 120 cm³/mol.